The van der Waals surface area contributed by atoms with Crippen molar-refractivity contribution in [1.82, 2.24) is 5.32 Å². The average Bonchev–Trinajstić information content (AvgIpc) is 2.94. The highest BCUT2D eigenvalue weighted by atomic mass is 19.2. The van der Waals surface area contributed by atoms with Gasteiger partial charge in [0, 0.05) is 12.5 Å². The van der Waals surface area contributed by atoms with Crippen LogP contribution in [-0.4, -0.2) is 32.1 Å². The van der Waals surface area contributed by atoms with Crippen molar-refractivity contribution >= 4 is 0 Å². The van der Waals surface area contributed by atoms with Gasteiger partial charge in [-0.3, -0.25) is 0 Å². The summed E-state index contributed by atoms with van der Waals surface area (Å²) < 4.78 is 37.8. The molecule has 1 fully saturated rings. The van der Waals surface area contributed by atoms with Gasteiger partial charge in [0.15, 0.2) is 17.9 Å². The molecule has 5 heteroatoms. The molecule has 1 atom stereocenters. The molecule has 0 saturated carbocycles. The molecule has 0 amide bonds. The van der Waals surface area contributed by atoms with E-state index >= 15 is 0 Å². The van der Waals surface area contributed by atoms with Crippen LogP contribution in [0.5, 0.6) is 0 Å². The lowest BCUT2D eigenvalue weighted by atomic mass is 10.0. The van der Waals surface area contributed by atoms with Crippen molar-refractivity contribution in [3.63, 3.8) is 0 Å². The van der Waals surface area contributed by atoms with Gasteiger partial charge in [-0.2, -0.15) is 0 Å². The number of hydrogen-bond acceptors (Lipinski definition) is 3. The van der Waals surface area contributed by atoms with Gasteiger partial charge in [-0.25, -0.2) is 8.78 Å². The highest BCUT2D eigenvalue weighted by Gasteiger charge is 2.22. The van der Waals surface area contributed by atoms with Crippen LogP contribution in [0.3, 0.4) is 0 Å². The standard InChI is InChI=1S/C15H21F2NO2/c1-2-6-18-12(10-14-19-7-8-20-14)9-11-4-3-5-13(16)15(11)17/h3-5,12,14,18H,2,6-10H2,1H3. The normalized spacial score (nSPS) is 17.6. The Hall–Kier alpha value is -1.04. The lowest BCUT2D eigenvalue weighted by Gasteiger charge is -2.21. The SMILES string of the molecule is CCCNC(Cc1cccc(F)c1F)CC1OCCO1. The van der Waals surface area contributed by atoms with Crippen molar-refractivity contribution in [1.29, 1.82) is 0 Å². The third kappa shape index (κ3) is 4.23. The molecule has 1 unspecified atom stereocenters. The molecule has 1 aromatic carbocycles. The number of hydrogen-bond donors (Lipinski definition) is 1. The third-order valence-electron chi connectivity index (χ3n) is 3.35. The molecule has 0 aliphatic carbocycles. The molecule has 112 valence electrons. The van der Waals surface area contributed by atoms with Gasteiger partial charge >= 0.3 is 0 Å². The summed E-state index contributed by atoms with van der Waals surface area (Å²) >= 11 is 0. The molecule has 0 bridgehead atoms. The molecule has 1 N–H and O–H groups in total. The van der Waals surface area contributed by atoms with E-state index in [0.29, 0.717) is 31.6 Å². The van der Waals surface area contributed by atoms with Crippen LogP contribution in [0.25, 0.3) is 0 Å². The van der Waals surface area contributed by atoms with Crippen LogP contribution in [-0.2, 0) is 15.9 Å². The quantitative estimate of drug-likeness (QED) is 0.835. The van der Waals surface area contributed by atoms with Gasteiger partial charge in [-0.1, -0.05) is 19.1 Å². The lowest BCUT2D eigenvalue weighted by molar-refractivity contribution is -0.0526. The van der Waals surface area contributed by atoms with Crippen molar-refractivity contribution < 1.29 is 18.3 Å². The van der Waals surface area contributed by atoms with Gasteiger partial charge in [0.1, 0.15) is 0 Å². The van der Waals surface area contributed by atoms with Crippen molar-refractivity contribution in [2.24, 2.45) is 0 Å². The fourth-order valence-electron chi connectivity index (χ4n) is 2.33. The predicted molar refractivity (Wildman–Crippen MR) is 72.5 cm³/mol. The summed E-state index contributed by atoms with van der Waals surface area (Å²) in [5, 5.41) is 3.34. The van der Waals surface area contributed by atoms with Gasteiger partial charge in [-0.15, -0.1) is 0 Å². The molecule has 1 saturated heterocycles. The van der Waals surface area contributed by atoms with Crippen LogP contribution in [0.1, 0.15) is 25.3 Å². The summed E-state index contributed by atoms with van der Waals surface area (Å²) in [5.74, 6) is -1.56. The van der Waals surface area contributed by atoms with E-state index in [2.05, 4.69) is 12.2 Å². The Bertz CT molecular complexity index is 422. The minimum atomic E-state index is -0.801. The topological polar surface area (TPSA) is 30.5 Å². The van der Waals surface area contributed by atoms with Gasteiger partial charge in [0.05, 0.1) is 13.2 Å². The molecule has 3 nitrogen and oxygen atoms in total. The second kappa shape index (κ2) is 7.67. The highest BCUT2D eigenvalue weighted by Crippen LogP contribution is 2.17. The number of ether oxygens (including phenoxy) is 2. The minimum absolute atomic E-state index is 0.00866. The van der Waals surface area contributed by atoms with E-state index in [0.717, 1.165) is 19.0 Å². The smallest absolute Gasteiger partial charge is 0.162 e. The van der Waals surface area contributed by atoms with Crippen LogP contribution >= 0.6 is 0 Å². The van der Waals surface area contributed by atoms with Crippen molar-refractivity contribution in [3.05, 3.63) is 35.4 Å². The van der Waals surface area contributed by atoms with E-state index in [4.69, 9.17) is 9.47 Å². The fraction of sp³-hybridized carbons (Fsp3) is 0.600. The van der Waals surface area contributed by atoms with E-state index in [1.165, 1.54) is 6.07 Å². The molecule has 2 rings (SSSR count). The molecule has 1 heterocycles. The molecule has 1 aliphatic heterocycles. The first-order valence-corrected chi connectivity index (χ1v) is 7.10. The van der Waals surface area contributed by atoms with Crippen molar-refractivity contribution in [3.8, 4) is 0 Å². The predicted octanol–water partition coefficient (Wildman–Crippen LogP) is 2.64. The Morgan fingerprint density at radius 2 is 2.05 bits per heavy atom. The maximum absolute atomic E-state index is 13.7. The molecule has 1 aliphatic rings. The first kappa shape index (κ1) is 15.4. The van der Waals surface area contributed by atoms with Gasteiger partial charge in [-0.05, 0) is 31.0 Å². The Balaban J connectivity index is 1.99. The molecule has 0 spiro atoms. The summed E-state index contributed by atoms with van der Waals surface area (Å²) in [6.07, 6.45) is 1.79. The summed E-state index contributed by atoms with van der Waals surface area (Å²) in [5.41, 5.74) is 0.386. The zero-order valence-electron chi connectivity index (χ0n) is 11.7. The van der Waals surface area contributed by atoms with Crippen LogP contribution < -0.4 is 5.32 Å². The zero-order chi connectivity index (χ0) is 14.4. The number of rotatable bonds is 7. The first-order chi connectivity index (χ1) is 9.70. The third-order valence-corrected chi connectivity index (χ3v) is 3.35. The Morgan fingerprint density at radius 1 is 1.30 bits per heavy atom. The lowest BCUT2D eigenvalue weighted by Crippen LogP contribution is -2.35. The average molecular weight is 285 g/mol. The van der Waals surface area contributed by atoms with Crippen LogP contribution in [0.15, 0.2) is 18.2 Å². The second-order valence-electron chi connectivity index (χ2n) is 4.97. The maximum Gasteiger partial charge on any atom is 0.162 e. The minimum Gasteiger partial charge on any atom is -0.350 e. The summed E-state index contributed by atoms with van der Waals surface area (Å²) in [6.45, 7) is 4.09. The Morgan fingerprint density at radius 3 is 2.75 bits per heavy atom. The number of halogens is 2. The van der Waals surface area contributed by atoms with E-state index < -0.39 is 11.6 Å². The summed E-state index contributed by atoms with van der Waals surface area (Å²) in [6, 6.07) is 4.30. The molecule has 20 heavy (non-hydrogen) atoms. The molecule has 1 aromatic rings. The van der Waals surface area contributed by atoms with E-state index in [1.807, 2.05) is 0 Å². The van der Waals surface area contributed by atoms with Crippen molar-refractivity contribution in [2.75, 3.05) is 19.8 Å². The van der Waals surface area contributed by atoms with Gasteiger partial charge in [0.2, 0.25) is 0 Å². The maximum atomic E-state index is 13.7. The molecular formula is C15H21F2NO2. The molecule has 0 aromatic heterocycles. The largest absolute Gasteiger partial charge is 0.350 e. The van der Waals surface area contributed by atoms with Crippen LogP contribution in [0, 0.1) is 11.6 Å². The Labute approximate surface area is 118 Å². The molecular weight excluding hydrogens is 264 g/mol. The second-order valence-corrected chi connectivity index (χ2v) is 4.97. The Kier molecular flexibility index (Phi) is 5.88. The number of nitrogens with one attached hydrogen (secondary N) is 1. The molecule has 0 radical (unpaired) electrons. The summed E-state index contributed by atoms with van der Waals surface area (Å²) in [7, 11) is 0. The first-order valence-electron chi connectivity index (χ1n) is 7.10. The van der Waals surface area contributed by atoms with Crippen LogP contribution in [0.2, 0.25) is 0 Å². The highest BCUT2D eigenvalue weighted by molar-refractivity contribution is 5.20. The van der Waals surface area contributed by atoms with Gasteiger partial charge in [0.25, 0.3) is 0 Å². The van der Waals surface area contributed by atoms with E-state index in [-0.39, 0.29) is 12.3 Å². The monoisotopic (exact) mass is 285 g/mol. The zero-order valence-corrected chi connectivity index (χ0v) is 11.7. The summed E-state index contributed by atoms with van der Waals surface area (Å²) in [4.78, 5) is 0. The van der Waals surface area contributed by atoms with E-state index in [9.17, 15) is 8.78 Å². The van der Waals surface area contributed by atoms with Crippen LogP contribution in [0.4, 0.5) is 8.78 Å². The van der Waals surface area contributed by atoms with E-state index in [1.54, 1.807) is 6.07 Å². The van der Waals surface area contributed by atoms with Gasteiger partial charge < -0.3 is 14.8 Å². The van der Waals surface area contributed by atoms with Crippen molar-refractivity contribution in [2.45, 2.75) is 38.5 Å². The fourth-order valence-corrected chi connectivity index (χ4v) is 2.33. The number of benzene rings is 1.